The maximum atomic E-state index is 11.3. The van der Waals surface area contributed by atoms with Crippen LogP contribution < -0.4 is 14.2 Å². The molecule has 8 heteroatoms. The zero-order chi connectivity index (χ0) is 19.4. The predicted octanol–water partition coefficient (Wildman–Crippen LogP) is 3.51. The van der Waals surface area contributed by atoms with Crippen LogP contribution in [0.15, 0.2) is 24.3 Å². The summed E-state index contributed by atoms with van der Waals surface area (Å²) >= 11 is 0. The molecular formula is C18H19NO7. The number of nitro benzene ring substituents is 1. The largest absolute Gasteiger partial charge is 0.493 e. The number of nitro groups is 1. The van der Waals surface area contributed by atoms with Crippen LogP contribution in [-0.2, 0) is 6.61 Å². The topological polar surface area (TPSA) is 108 Å². The molecule has 0 heterocycles. The smallest absolute Gasteiger partial charge is 0.335 e. The number of carboxylic acids is 1. The van der Waals surface area contributed by atoms with Gasteiger partial charge in [0, 0.05) is 12.1 Å². The van der Waals surface area contributed by atoms with Crippen molar-refractivity contribution in [2.45, 2.75) is 20.5 Å². The standard InChI is InChI=1S/C18H19NO7/c1-10-5-13(19(22)23)6-11(2)14(10)9-26-16-8-12(18(20)21)7-15(24-3)17(16)25-4/h5-8H,9H2,1-4H3,(H,20,21). The van der Waals surface area contributed by atoms with E-state index in [0.29, 0.717) is 11.1 Å². The highest BCUT2D eigenvalue weighted by molar-refractivity contribution is 5.89. The van der Waals surface area contributed by atoms with Gasteiger partial charge in [0.2, 0.25) is 5.75 Å². The molecular weight excluding hydrogens is 342 g/mol. The van der Waals surface area contributed by atoms with Crippen molar-refractivity contribution in [3.05, 3.63) is 56.6 Å². The highest BCUT2D eigenvalue weighted by atomic mass is 16.6. The molecule has 0 aliphatic heterocycles. The second kappa shape index (κ2) is 7.73. The van der Waals surface area contributed by atoms with Crippen molar-refractivity contribution in [3.8, 4) is 17.2 Å². The van der Waals surface area contributed by atoms with E-state index in [0.717, 1.165) is 5.56 Å². The summed E-state index contributed by atoms with van der Waals surface area (Å²) in [6.07, 6.45) is 0. The van der Waals surface area contributed by atoms with Gasteiger partial charge >= 0.3 is 5.97 Å². The number of aromatic carboxylic acids is 1. The van der Waals surface area contributed by atoms with Crippen LogP contribution in [0.3, 0.4) is 0 Å². The van der Waals surface area contributed by atoms with Crippen LogP contribution >= 0.6 is 0 Å². The van der Waals surface area contributed by atoms with Crippen molar-refractivity contribution in [2.75, 3.05) is 14.2 Å². The lowest BCUT2D eigenvalue weighted by atomic mass is 10.0. The van der Waals surface area contributed by atoms with Gasteiger partial charge < -0.3 is 19.3 Å². The number of carboxylic acid groups (broad SMARTS) is 1. The first-order valence-corrected chi connectivity index (χ1v) is 7.65. The Labute approximate surface area is 150 Å². The average Bonchev–Trinajstić information content (AvgIpc) is 2.59. The van der Waals surface area contributed by atoms with Crippen LogP contribution in [0.2, 0.25) is 0 Å². The third-order valence-electron chi connectivity index (χ3n) is 3.96. The summed E-state index contributed by atoms with van der Waals surface area (Å²) in [7, 11) is 2.82. The van der Waals surface area contributed by atoms with Crippen LogP contribution in [0.5, 0.6) is 17.2 Å². The molecule has 0 amide bonds. The van der Waals surface area contributed by atoms with E-state index >= 15 is 0 Å². The Kier molecular flexibility index (Phi) is 5.66. The van der Waals surface area contributed by atoms with Crippen molar-refractivity contribution in [3.63, 3.8) is 0 Å². The highest BCUT2D eigenvalue weighted by Gasteiger charge is 2.18. The van der Waals surface area contributed by atoms with Crippen molar-refractivity contribution >= 4 is 11.7 Å². The lowest BCUT2D eigenvalue weighted by Gasteiger charge is -2.16. The molecule has 2 aromatic rings. The van der Waals surface area contributed by atoms with Crippen LogP contribution in [0, 0.1) is 24.0 Å². The molecule has 0 aliphatic carbocycles. The SMILES string of the molecule is COc1cc(C(=O)O)cc(OCc2c(C)cc([N+](=O)[O-])cc2C)c1OC. The van der Waals surface area contributed by atoms with Crippen LogP contribution in [0.4, 0.5) is 5.69 Å². The minimum atomic E-state index is -1.13. The van der Waals surface area contributed by atoms with E-state index in [1.54, 1.807) is 13.8 Å². The van der Waals surface area contributed by atoms with Gasteiger partial charge in [0.15, 0.2) is 11.5 Å². The summed E-state index contributed by atoms with van der Waals surface area (Å²) < 4.78 is 16.2. The third kappa shape index (κ3) is 3.85. The Hall–Kier alpha value is -3.29. The quantitative estimate of drug-likeness (QED) is 0.594. The molecule has 0 aliphatic rings. The Morgan fingerprint density at radius 3 is 2.12 bits per heavy atom. The van der Waals surface area contributed by atoms with E-state index in [9.17, 15) is 20.0 Å². The van der Waals surface area contributed by atoms with Gasteiger partial charge in [0.25, 0.3) is 5.69 Å². The molecule has 0 aromatic heterocycles. The molecule has 0 saturated carbocycles. The second-order valence-corrected chi connectivity index (χ2v) is 5.62. The van der Waals surface area contributed by atoms with Gasteiger partial charge in [-0.25, -0.2) is 4.79 Å². The van der Waals surface area contributed by atoms with Gasteiger partial charge in [-0.15, -0.1) is 0 Å². The van der Waals surface area contributed by atoms with E-state index in [1.807, 2.05) is 0 Å². The molecule has 8 nitrogen and oxygen atoms in total. The normalized spacial score (nSPS) is 10.3. The van der Waals surface area contributed by atoms with Gasteiger partial charge in [0.05, 0.1) is 24.7 Å². The van der Waals surface area contributed by atoms with E-state index in [-0.39, 0.29) is 35.1 Å². The summed E-state index contributed by atoms with van der Waals surface area (Å²) in [5.74, 6) is -0.408. The summed E-state index contributed by atoms with van der Waals surface area (Å²) in [6, 6.07) is 5.63. The second-order valence-electron chi connectivity index (χ2n) is 5.62. The minimum Gasteiger partial charge on any atom is -0.493 e. The molecule has 0 radical (unpaired) electrons. The molecule has 0 saturated heterocycles. The van der Waals surface area contributed by atoms with Crippen molar-refractivity contribution in [1.82, 2.24) is 0 Å². The monoisotopic (exact) mass is 361 g/mol. The molecule has 2 rings (SSSR count). The molecule has 0 unspecified atom stereocenters. The zero-order valence-corrected chi connectivity index (χ0v) is 14.9. The fourth-order valence-electron chi connectivity index (χ4n) is 2.61. The maximum absolute atomic E-state index is 11.3. The Morgan fingerprint density at radius 1 is 1.08 bits per heavy atom. The van der Waals surface area contributed by atoms with Gasteiger partial charge in [-0.05, 0) is 42.7 Å². The molecule has 0 bridgehead atoms. The number of rotatable bonds is 7. The van der Waals surface area contributed by atoms with Gasteiger partial charge in [0.1, 0.15) is 6.61 Å². The number of ether oxygens (including phenoxy) is 3. The van der Waals surface area contributed by atoms with E-state index in [4.69, 9.17) is 14.2 Å². The van der Waals surface area contributed by atoms with Crippen molar-refractivity contribution in [2.24, 2.45) is 0 Å². The first kappa shape index (κ1) is 19.0. The van der Waals surface area contributed by atoms with E-state index < -0.39 is 10.9 Å². The van der Waals surface area contributed by atoms with Crippen LogP contribution in [0.25, 0.3) is 0 Å². The summed E-state index contributed by atoms with van der Waals surface area (Å²) in [4.78, 5) is 21.8. The van der Waals surface area contributed by atoms with Crippen molar-refractivity contribution < 1.29 is 29.0 Å². The fraction of sp³-hybridized carbons (Fsp3) is 0.278. The number of carbonyl (C=O) groups is 1. The summed E-state index contributed by atoms with van der Waals surface area (Å²) in [5.41, 5.74) is 2.19. The summed E-state index contributed by atoms with van der Waals surface area (Å²) in [5, 5.41) is 20.2. The van der Waals surface area contributed by atoms with Gasteiger partial charge in [-0.3, -0.25) is 10.1 Å². The number of hydrogen-bond donors (Lipinski definition) is 1. The molecule has 1 N–H and O–H groups in total. The number of benzene rings is 2. The molecule has 26 heavy (non-hydrogen) atoms. The minimum absolute atomic E-state index is 0.00482. The lowest BCUT2D eigenvalue weighted by molar-refractivity contribution is -0.385. The first-order valence-electron chi connectivity index (χ1n) is 7.65. The summed E-state index contributed by atoms with van der Waals surface area (Å²) in [6.45, 7) is 3.60. The van der Waals surface area contributed by atoms with Crippen LogP contribution in [-0.4, -0.2) is 30.2 Å². The number of nitrogens with zero attached hydrogens (tertiary/aromatic N) is 1. The average molecular weight is 361 g/mol. The first-order chi connectivity index (χ1) is 12.3. The fourth-order valence-corrected chi connectivity index (χ4v) is 2.61. The van der Waals surface area contributed by atoms with E-state index in [2.05, 4.69) is 0 Å². The predicted molar refractivity (Wildman–Crippen MR) is 93.4 cm³/mol. The number of methoxy groups -OCH3 is 2. The Bertz CT molecular complexity index is 838. The van der Waals surface area contributed by atoms with Crippen molar-refractivity contribution in [1.29, 1.82) is 0 Å². The third-order valence-corrected chi connectivity index (χ3v) is 3.96. The molecule has 0 atom stereocenters. The van der Waals surface area contributed by atoms with E-state index in [1.165, 1.54) is 38.5 Å². The Balaban J connectivity index is 2.39. The van der Waals surface area contributed by atoms with Gasteiger partial charge in [-0.1, -0.05) is 0 Å². The molecule has 2 aromatic carbocycles. The lowest BCUT2D eigenvalue weighted by Crippen LogP contribution is -2.05. The van der Waals surface area contributed by atoms with Gasteiger partial charge in [-0.2, -0.15) is 0 Å². The maximum Gasteiger partial charge on any atom is 0.335 e. The molecule has 138 valence electrons. The van der Waals surface area contributed by atoms with Crippen LogP contribution in [0.1, 0.15) is 27.0 Å². The number of non-ortho nitro benzene ring substituents is 1. The molecule has 0 fully saturated rings. The zero-order valence-electron chi connectivity index (χ0n) is 14.9. The number of hydrogen-bond acceptors (Lipinski definition) is 6. The molecule has 0 spiro atoms. The Morgan fingerprint density at radius 2 is 1.65 bits per heavy atom. The number of aryl methyl sites for hydroxylation is 2. The highest BCUT2D eigenvalue weighted by Crippen LogP contribution is 2.39.